The van der Waals surface area contributed by atoms with Crippen molar-refractivity contribution in [1.82, 2.24) is 15.6 Å². The minimum absolute atomic E-state index is 0.0964. The Morgan fingerprint density at radius 3 is 2.91 bits per heavy atom. The van der Waals surface area contributed by atoms with Crippen molar-refractivity contribution in [2.24, 2.45) is 4.99 Å². The smallest absolute Gasteiger partial charge is 0.191 e. The summed E-state index contributed by atoms with van der Waals surface area (Å²) in [6.07, 6.45) is 3.41. The predicted molar refractivity (Wildman–Crippen MR) is 94.1 cm³/mol. The summed E-state index contributed by atoms with van der Waals surface area (Å²) in [6.45, 7) is 3.22. The summed E-state index contributed by atoms with van der Waals surface area (Å²) >= 11 is 6.02. The zero-order valence-electron chi connectivity index (χ0n) is 13.3. The first kappa shape index (κ1) is 17.1. The molecule has 0 aliphatic heterocycles. The summed E-state index contributed by atoms with van der Waals surface area (Å²) < 4.78 is 5.58. The first-order valence-electron chi connectivity index (χ1n) is 7.44. The van der Waals surface area contributed by atoms with E-state index in [2.05, 4.69) is 27.5 Å². The Labute approximate surface area is 141 Å². The van der Waals surface area contributed by atoms with E-state index in [-0.39, 0.29) is 6.04 Å². The lowest BCUT2D eigenvalue weighted by Crippen LogP contribution is -2.40. The van der Waals surface area contributed by atoms with Gasteiger partial charge in [0.25, 0.3) is 0 Å². The number of halogens is 1. The minimum atomic E-state index is 0.0964. The number of aromatic nitrogens is 1. The van der Waals surface area contributed by atoms with Crippen LogP contribution in [0.15, 0.2) is 53.8 Å². The summed E-state index contributed by atoms with van der Waals surface area (Å²) in [7, 11) is 1.74. The number of hydrogen-bond acceptors (Lipinski definition) is 3. The monoisotopic (exact) mass is 332 g/mol. The Hall–Kier alpha value is -2.27. The lowest BCUT2D eigenvalue weighted by atomic mass is 10.1. The van der Waals surface area contributed by atoms with E-state index in [0.29, 0.717) is 19.1 Å². The molecule has 6 heteroatoms. The third-order valence-electron chi connectivity index (χ3n) is 3.22. The average molecular weight is 333 g/mol. The van der Waals surface area contributed by atoms with Crippen LogP contribution in [0, 0.1) is 0 Å². The van der Waals surface area contributed by atoms with Crippen LogP contribution in [0.25, 0.3) is 0 Å². The molecule has 5 nitrogen and oxygen atoms in total. The molecule has 0 fully saturated rings. The van der Waals surface area contributed by atoms with Crippen LogP contribution in [0.2, 0.25) is 5.02 Å². The van der Waals surface area contributed by atoms with Crippen molar-refractivity contribution >= 4 is 17.6 Å². The van der Waals surface area contributed by atoms with Crippen molar-refractivity contribution < 1.29 is 4.74 Å². The molecule has 122 valence electrons. The zero-order valence-corrected chi connectivity index (χ0v) is 14.0. The van der Waals surface area contributed by atoms with Gasteiger partial charge in [-0.25, -0.2) is 0 Å². The molecular weight excluding hydrogens is 312 g/mol. The van der Waals surface area contributed by atoms with Crippen LogP contribution < -0.4 is 15.4 Å². The van der Waals surface area contributed by atoms with Crippen LogP contribution in [0.4, 0.5) is 0 Å². The van der Waals surface area contributed by atoms with Crippen molar-refractivity contribution in [3.63, 3.8) is 0 Å². The number of ether oxygens (including phenoxy) is 1. The second-order valence-corrected chi connectivity index (χ2v) is 5.39. The highest BCUT2D eigenvalue weighted by atomic mass is 35.5. The quantitative estimate of drug-likeness (QED) is 0.485. The van der Waals surface area contributed by atoms with E-state index in [4.69, 9.17) is 16.3 Å². The number of nitrogens with zero attached hydrogens (tertiary/aromatic N) is 2. The molecule has 23 heavy (non-hydrogen) atoms. The topological polar surface area (TPSA) is 58.5 Å². The number of hydrogen-bond donors (Lipinski definition) is 2. The molecule has 0 saturated carbocycles. The summed E-state index contributed by atoms with van der Waals surface area (Å²) in [5, 5.41) is 7.26. The van der Waals surface area contributed by atoms with Crippen LogP contribution in [-0.2, 0) is 0 Å². The summed E-state index contributed by atoms with van der Waals surface area (Å²) in [6, 6.07) is 11.6. The molecule has 1 unspecified atom stereocenters. The molecule has 0 spiro atoms. The molecule has 2 aromatic rings. The van der Waals surface area contributed by atoms with Gasteiger partial charge in [0.1, 0.15) is 12.4 Å². The largest absolute Gasteiger partial charge is 0.490 e. The van der Waals surface area contributed by atoms with Crippen molar-refractivity contribution in [1.29, 1.82) is 0 Å². The Balaban J connectivity index is 1.77. The van der Waals surface area contributed by atoms with Crippen LogP contribution in [-0.4, -0.2) is 31.1 Å². The van der Waals surface area contributed by atoms with Crippen molar-refractivity contribution in [2.75, 3.05) is 20.2 Å². The van der Waals surface area contributed by atoms with Crippen LogP contribution in [0.5, 0.6) is 5.75 Å². The zero-order chi connectivity index (χ0) is 16.5. The van der Waals surface area contributed by atoms with Gasteiger partial charge in [-0.1, -0.05) is 23.7 Å². The lowest BCUT2D eigenvalue weighted by molar-refractivity contribution is 0.320. The predicted octanol–water partition coefficient (Wildman–Crippen LogP) is 3.04. The molecule has 0 amide bonds. The lowest BCUT2D eigenvalue weighted by Gasteiger charge is -2.18. The van der Waals surface area contributed by atoms with Gasteiger partial charge in [0.15, 0.2) is 5.96 Å². The van der Waals surface area contributed by atoms with Crippen LogP contribution in [0.1, 0.15) is 18.5 Å². The number of nitrogens with one attached hydrogen (secondary N) is 2. The third-order valence-corrected chi connectivity index (χ3v) is 3.46. The van der Waals surface area contributed by atoms with E-state index in [1.165, 1.54) is 0 Å². The molecule has 0 radical (unpaired) electrons. The highest BCUT2D eigenvalue weighted by molar-refractivity contribution is 6.30. The molecule has 1 heterocycles. The minimum Gasteiger partial charge on any atom is -0.490 e. The maximum atomic E-state index is 6.02. The number of rotatable bonds is 6. The van der Waals surface area contributed by atoms with E-state index >= 15 is 0 Å². The molecule has 1 atom stereocenters. The number of pyridine rings is 1. The SMILES string of the molecule is CN=C(NCCOc1cccnc1)NC(C)c1cccc(Cl)c1. The van der Waals surface area contributed by atoms with Gasteiger partial charge in [-0.3, -0.25) is 9.98 Å². The van der Waals surface area contributed by atoms with Crippen LogP contribution in [0.3, 0.4) is 0 Å². The second-order valence-electron chi connectivity index (χ2n) is 4.96. The fourth-order valence-corrected chi connectivity index (χ4v) is 2.23. The van der Waals surface area contributed by atoms with Gasteiger partial charge in [-0.2, -0.15) is 0 Å². The molecule has 2 N–H and O–H groups in total. The first-order chi connectivity index (χ1) is 11.2. The average Bonchev–Trinajstić information content (AvgIpc) is 2.58. The van der Waals surface area contributed by atoms with Crippen molar-refractivity contribution in [2.45, 2.75) is 13.0 Å². The Morgan fingerprint density at radius 1 is 1.35 bits per heavy atom. The summed E-state index contributed by atoms with van der Waals surface area (Å²) in [4.78, 5) is 8.22. The van der Waals surface area contributed by atoms with Gasteiger partial charge in [0.2, 0.25) is 0 Å². The first-order valence-corrected chi connectivity index (χ1v) is 7.82. The fourth-order valence-electron chi connectivity index (χ4n) is 2.03. The normalized spacial score (nSPS) is 12.6. The fraction of sp³-hybridized carbons (Fsp3) is 0.294. The third kappa shape index (κ3) is 5.79. The van der Waals surface area contributed by atoms with Crippen molar-refractivity contribution in [3.05, 3.63) is 59.4 Å². The highest BCUT2D eigenvalue weighted by Crippen LogP contribution is 2.17. The van der Waals surface area contributed by atoms with E-state index < -0.39 is 0 Å². The standard InChI is InChI=1S/C17H21ClN4O/c1-13(14-5-3-6-15(18)11-14)22-17(19-2)21-9-10-23-16-7-4-8-20-12-16/h3-8,11-13H,9-10H2,1-2H3,(H2,19,21,22). The highest BCUT2D eigenvalue weighted by Gasteiger charge is 2.07. The molecule has 1 aromatic carbocycles. The Kier molecular flexibility index (Phi) is 6.69. The maximum absolute atomic E-state index is 6.02. The Morgan fingerprint density at radius 2 is 2.22 bits per heavy atom. The van der Waals surface area contributed by atoms with Gasteiger partial charge in [0.05, 0.1) is 18.8 Å². The molecule has 0 bridgehead atoms. The molecular formula is C17H21ClN4O. The van der Waals surface area contributed by atoms with Gasteiger partial charge < -0.3 is 15.4 Å². The van der Waals surface area contributed by atoms with E-state index in [9.17, 15) is 0 Å². The molecule has 1 aromatic heterocycles. The molecule has 0 aliphatic carbocycles. The molecule has 0 saturated heterocycles. The maximum Gasteiger partial charge on any atom is 0.191 e. The van der Waals surface area contributed by atoms with Gasteiger partial charge in [0, 0.05) is 18.3 Å². The van der Waals surface area contributed by atoms with Gasteiger partial charge in [-0.15, -0.1) is 0 Å². The second kappa shape index (κ2) is 9.00. The molecule has 2 rings (SSSR count). The van der Waals surface area contributed by atoms with E-state index in [0.717, 1.165) is 16.3 Å². The summed E-state index contributed by atoms with van der Waals surface area (Å²) in [5.41, 5.74) is 1.10. The number of benzene rings is 1. The van der Waals surface area contributed by atoms with E-state index in [1.807, 2.05) is 36.4 Å². The Bertz CT molecular complexity index is 634. The van der Waals surface area contributed by atoms with Crippen LogP contribution >= 0.6 is 11.6 Å². The number of guanidine groups is 1. The van der Waals surface area contributed by atoms with Gasteiger partial charge >= 0.3 is 0 Å². The van der Waals surface area contributed by atoms with E-state index in [1.54, 1.807) is 19.4 Å². The van der Waals surface area contributed by atoms with Crippen molar-refractivity contribution in [3.8, 4) is 5.75 Å². The molecule has 0 aliphatic rings. The van der Waals surface area contributed by atoms with Gasteiger partial charge in [-0.05, 0) is 36.8 Å². The number of aliphatic imine (C=N–C) groups is 1. The summed E-state index contributed by atoms with van der Waals surface area (Å²) in [5.74, 6) is 1.47.